The molecule has 2 aromatic rings. The lowest BCUT2D eigenvalue weighted by Crippen LogP contribution is -2.22. The molecule has 0 atom stereocenters. The maximum Gasteiger partial charge on any atom is 0.272 e. The number of aromatic nitrogens is 1. The largest absolute Gasteiger partial charge is 0.456 e. The molecule has 0 spiro atoms. The highest BCUT2D eigenvalue weighted by molar-refractivity contribution is 9.10. The van der Waals surface area contributed by atoms with Crippen LogP contribution in [0.3, 0.4) is 0 Å². The Hall–Kier alpha value is -1.88. The maximum absolute atomic E-state index is 11.8. The van der Waals surface area contributed by atoms with Crippen molar-refractivity contribution in [2.45, 2.75) is 0 Å². The van der Waals surface area contributed by atoms with E-state index in [4.69, 9.17) is 4.74 Å². The predicted molar refractivity (Wildman–Crippen MR) is 76.5 cm³/mol. The number of hydrogen-bond donors (Lipinski definition) is 0. The fourth-order valence-electron chi connectivity index (χ4n) is 1.48. The molecule has 0 saturated heterocycles. The number of rotatable bonds is 3. The quantitative estimate of drug-likeness (QED) is 0.871. The Labute approximate surface area is 120 Å². The number of carbonyl (C=O) groups is 1. The second-order valence-electron chi connectivity index (χ2n) is 4.11. The summed E-state index contributed by atoms with van der Waals surface area (Å²) in [7, 11) is 3.37. The summed E-state index contributed by atoms with van der Waals surface area (Å²) >= 11 is 3.41. The fourth-order valence-corrected chi connectivity index (χ4v) is 1.84. The van der Waals surface area contributed by atoms with Gasteiger partial charge in [-0.2, -0.15) is 0 Å². The lowest BCUT2D eigenvalue weighted by molar-refractivity contribution is 0.0821. The monoisotopic (exact) mass is 320 g/mol. The standard InChI is InChI=1S/C14H13BrN2O2/c1-17(2)14(18)12-9-10(7-8-16-12)19-13-6-4-3-5-11(13)15/h3-9H,1-2H3. The second kappa shape index (κ2) is 5.84. The first-order chi connectivity index (χ1) is 9.08. The van der Waals surface area contributed by atoms with Crippen LogP contribution in [0, 0.1) is 0 Å². The summed E-state index contributed by atoms with van der Waals surface area (Å²) in [6.07, 6.45) is 1.56. The van der Waals surface area contributed by atoms with Crippen molar-refractivity contribution in [1.29, 1.82) is 0 Å². The van der Waals surface area contributed by atoms with Gasteiger partial charge in [0.2, 0.25) is 0 Å². The van der Waals surface area contributed by atoms with Gasteiger partial charge in [0.1, 0.15) is 17.2 Å². The number of carbonyl (C=O) groups excluding carboxylic acids is 1. The minimum absolute atomic E-state index is 0.155. The fraction of sp³-hybridized carbons (Fsp3) is 0.143. The zero-order chi connectivity index (χ0) is 13.8. The molecule has 1 amide bonds. The van der Waals surface area contributed by atoms with Gasteiger partial charge in [0.15, 0.2) is 0 Å². The molecule has 1 heterocycles. The highest BCUT2D eigenvalue weighted by Crippen LogP contribution is 2.29. The van der Waals surface area contributed by atoms with Crippen LogP contribution in [0.2, 0.25) is 0 Å². The van der Waals surface area contributed by atoms with Crippen molar-refractivity contribution in [3.05, 3.63) is 52.8 Å². The SMILES string of the molecule is CN(C)C(=O)c1cc(Oc2ccccc2Br)ccn1. The molecule has 0 bridgehead atoms. The molecule has 0 N–H and O–H groups in total. The first-order valence-corrected chi connectivity index (χ1v) is 6.47. The molecule has 0 fully saturated rings. The summed E-state index contributed by atoms with van der Waals surface area (Å²) in [5.41, 5.74) is 0.356. The van der Waals surface area contributed by atoms with Gasteiger partial charge in [0.25, 0.3) is 5.91 Å². The summed E-state index contributed by atoms with van der Waals surface area (Å²) < 4.78 is 6.58. The summed E-state index contributed by atoms with van der Waals surface area (Å²) in [5, 5.41) is 0. The zero-order valence-electron chi connectivity index (χ0n) is 10.6. The van der Waals surface area contributed by atoms with Crippen LogP contribution in [-0.2, 0) is 0 Å². The number of nitrogens with zero attached hydrogens (tertiary/aromatic N) is 2. The predicted octanol–water partition coefficient (Wildman–Crippen LogP) is 3.34. The molecule has 0 aliphatic heterocycles. The van der Waals surface area contributed by atoms with Gasteiger partial charge in [-0.1, -0.05) is 12.1 Å². The van der Waals surface area contributed by atoms with Crippen LogP contribution in [-0.4, -0.2) is 29.9 Å². The van der Waals surface area contributed by atoms with Gasteiger partial charge >= 0.3 is 0 Å². The zero-order valence-corrected chi connectivity index (χ0v) is 12.2. The molecule has 4 nitrogen and oxygen atoms in total. The van der Waals surface area contributed by atoms with Crippen LogP contribution >= 0.6 is 15.9 Å². The van der Waals surface area contributed by atoms with Crippen molar-refractivity contribution in [2.75, 3.05) is 14.1 Å². The highest BCUT2D eigenvalue weighted by atomic mass is 79.9. The summed E-state index contributed by atoms with van der Waals surface area (Å²) in [6.45, 7) is 0. The molecule has 5 heteroatoms. The number of pyridine rings is 1. The average Bonchev–Trinajstić information content (AvgIpc) is 2.41. The normalized spacial score (nSPS) is 10.1. The van der Waals surface area contributed by atoms with Crippen LogP contribution in [0.5, 0.6) is 11.5 Å². The van der Waals surface area contributed by atoms with E-state index in [0.29, 0.717) is 17.2 Å². The first-order valence-electron chi connectivity index (χ1n) is 5.68. The van der Waals surface area contributed by atoms with E-state index in [0.717, 1.165) is 4.47 Å². The Morgan fingerprint density at radius 2 is 2.00 bits per heavy atom. The first kappa shape index (κ1) is 13.5. The van der Waals surface area contributed by atoms with Crippen LogP contribution in [0.1, 0.15) is 10.5 Å². The van der Waals surface area contributed by atoms with Crippen molar-refractivity contribution >= 4 is 21.8 Å². The second-order valence-corrected chi connectivity index (χ2v) is 4.96. The van der Waals surface area contributed by atoms with Gasteiger partial charge in [0.05, 0.1) is 4.47 Å². The van der Waals surface area contributed by atoms with Crippen molar-refractivity contribution in [3.8, 4) is 11.5 Å². The van der Waals surface area contributed by atoms with Crippen molar-refractivity contribution < 1.29 is 9.53 Å². The van der Waals surface area contributed by atoms with Crippen molar-refractivity contribution in [3.63, 3.8) is 0 Å². The van der Waals surface area contributed by atoms with Crippen LogP contribution in [0.4, 0.5) is 0 Å². The topological polar surface area (TPSA) is 42.4 Å². The third-order valence-corrected chi connectivity index (χ3v) is 3.08. The van der Waals surface area contributed by atoms with Crippen LogP contribution in [0.15, 0.2) is 47.1 Å². The number of hydrogen-bond acceptors (Lipinski definition) is 3. The molecule has 98 valence electrons. The third kappa shape index (κ3) is 3.32. The van der Waals surface area contributed by atoms with E-state index in [-0.39, 0.29) is 5.91 Å². The lowest BCUT2D eigenvalue weighted by atomic mass is 10.3. The summed E-state index contributed by atoms with van der Waals surface area (Å²) in [5.74, 6) is 1.11. The molecule has 2 rings (SSSR count). The van der Waals surface area contributed by atoms with E-state index < -0.39 is 0 Å². The molecule has 0 unspecified atom stereocenters. The number of halogens is 1. The van der Waals surface area contributed by atoms with E-state index in [1.54, 1.807) is 32.4 Å². The van der Waals surface area contributed by atoms with Gasteiger partial charge in [-0.15, -0.1) is 0 Å². The van der Waals surface area contributed by atoms with E-state index in [1.165, 1.54) is 4.90 Å². The Balaban J connectivity index is 2.25. The van der Waals surface area contributed by atoms with Gasteiger partial charge in [-0.3, -0.25) is 9.78 Å². The maximum atomic E-state index is 11.8. The Morgan fingerprint density at radius 1 is 1.26 bits per heavy atom. The summed E-state index contributed by atoms with van der Waals surface area (Å²) in [6, 6.07) is 10.9. The Morgan fingerprint density at radius 3 is 2.68 bits per heavy atom. The van der Waals surface area contributed by atoms with Crippen LogP contribution in [0.25, 0.3) is 0 Å². The van der Waals surface area contributed by atoms with Crippen molar-refractivity contribution in [2.24, 2.45) is 0 Å². The van der Waals surface area contributed by atoms with E-state index in [2.05, 4.69) is 20.9 Å². The summed E-state index contributed by atoms with van der Waals surface area (Å²) in [4.78, 5) is 17.3. The molecule has 1 aromatic heterocycles. The Kier molecular flexibility index (Phi) is 4.16. The lowest BCUT2D eigenvalue weighted by Gasteiger charge is -2.11. The molecule has 0 radical (unpaired) electrons. The average molecular weight is 321 g/mol. The molecule has 0 saturated carbocycles. The van der Waals surface area contributed by atoms with E-state index in [1.807, 2.05) is 24.3 Å². The van der Waals surface area contributed by atoms with E-state index in [9.17, 15) is 4.79 Å². The molecule has 19 heavy (non-hydrogen) atoms. The molecule has 0 aliphatic rings. The highest BCUT2D eigenvalue weighted by Gasteiger charge is 2.11. The smallest absolute Gasteiger partial charge is 0.272 e. The molecule has 1 aromatic carbocycles. The van der Waals surface area contributed by atoms with Gasteiger partial charge in [-0.05, 0) is 34.1 Å². The Bertz CT molecular complexity index is 600. The number of benzene rings is 1. The molecular weight excluding hydrogens is 308 g/mol. The number of amides is 1. The van der Waals surface area contributed by atoms with Gasteiger partial charge in [0, 0.05) is 26.4 Å². The third-order valence-electron chi connectivity index (χ3n) is 2.42. The van der Waals surface area contributed by atoms with Gasteiger partial charge < -0.3 is 9.64 Å². The van der Waals surface area contributed by atoms with Crippen LogP contribution < -0.4 is 4.74 Å². The molecule has 0 aliphatic carbocycles. The minimum atomic E-state index is -0.155. The molecular formula is C14H13BrN2O2. The van der Waals surface area contributed by atoms with Gasteiger partial charge in [-0.25, -0.2) is 0 Å². The van der Waals surface area contributed by atoms with Crippen molar-refractivity contribution in [1.82, 2.24) is 9.88 Å². The van der Waals surface area contributed by atoms with E-state index >= 15 is 0 Å². The minimum Gasteiger partial charge on any atom is -0.456 e. The number of para-hydroxylation sites is 1. The number of ether oxygens (including phenoxy) is 1.